The smallest absolute Gasteiger partial charge is 0.263 e. The molecule has 0 atom stereocenters. The van der Waals surface area contributed by atoms with Crippen molar-refractivity contribution in [2.24, 2.45) is 0 Å². The van der Waals surface area contributed by atoms with Crippen molar-refractivity contribution in [2.45, 2.75) is 18.7 Å². The lowest BCUT2D eigenvalue weighted by atomic mass is 10.2. The number of rotatable bonds is 7. The first-order valence-electron chi connectivity index (χ1n) is 8.15. The van der Waals surface area contributed by atoms with Crippen LogP contribution in [0.15, 0.2) is 57.9 Å². The van der Waals surface area contributed by atoms with Crippen LogP contribution in [0.1, 0.15) is 11.1 Å². The van der Waals surface area contributed by atoms with Crippen LogP contribution in [-0.2, 0) is 10.0 Å². The molecule has 136 valence electrons. The quantitative estimate of drug-likeness (QED) is 0.619. The number of hydrogen-bond acceptors (Lipinski definition) is 6. The second kappa shape index (κ2) is 7.67. The van der Waals surface area contributed by atoms with E-state index in [1.54, 1.807) is 19.1 Å². The predicted octanol–water partition coefficient (Wildman–Crippen LogP) is 2.74. The first-order valence-corrected chi connectivity index (χ1v) is 9.64. The molecule has 26 heavy (non-hydrogen) atoms. The fraction of sp³-hybridized carbons (Fsp3) is 0.222. The highest BCUT2D eigenvalue weighted by Crippen LogP contribution is 2.18. The first-order chi connectivity index (χ1) is 12.5. The summed E-state index contributed by atoms with van der Waals surface area (Å²) in [7, 11) is -3.56. The van der Waals surface area contributed by atoms with Gasteiger partial charge in [-0.2, -0.15) is 4.98 Å². The van der Waals surface area contributed by atoms with E-state index in [2.05, 4.69) is 20.2 Å². The molecule has 2 N–H and O–H groups in total. The lowest BCUT2D eigenvalue weighted by Crippen LogP contribution is -2.29. The minimum absolute atomic E-state index is 0.199. The summed E-state index contributed by atoms with van der Waals surface area (Å²) in [5.41, 5.74) is 2.43. The molecule has 0 fully saturated rings. The van der Waals surface area contributed by atoms with E-state index in [0.717, 1.165) is 11.1 Å². The Kier molecular flexibility index (Phi) is 5.34. The maximum atomic E-state index is 12.4. The Morgan fingerprint density at radius 3 is 2.58 bits per heavy atom. The summed E-state index contributed by atoms with van der Waals surface area (Å²) in [6, 6.07) is 14.8. The summed E-state index contributed by atoms with van der Waals surface area (Å²) >= 11 is 0. The van der Waals surface area contributed by atoms with Crippen molar-refractivity contribution in [3.63, 3.8) is 0 Å². The monoisotopic (exact) mass is 372 g/mol. The lowest BCUT2D eigenvalue weighted by Gasteiger charge is -2.10. The van der Waals surface area contributed by atoms with Crippen LogP contribution in [-0.4, -0.2) is 31.6 Å². The van der Waals surface area contributed by atoms with Gasteiger partial charge in [-0.25, -0.2) is 13.1 Å². The molecule has 0 unspecified atom stereocenters. The molecule has 3 rings (SSSR count). The van der Waals surface area contributed by atoms with Crippen LogP contribution in [0.25, 0.3) is 11.5 Å². The minimum atomic E-state index is -3.56. The second-order valence-electron chi connectivity index (χ2n) is 5.88. The SMILES string of the molecule is Cc1ccc(C)c(S(=O)(=O)NCCNc2noc(-c3ccccc3)n2)c1. The number of nitrogens with zero attached hydrogens (tertiary/aromatic N) is 2. The van der Waals surface area contributed by atoms with Gasteiger partial charge in [-0.1, -0.05) is 30.3 Å². The molecule has 1 aromatic heterocycles. The molecular formula is C18H20N4O3S. The molecule has 0 aliphatic rings. The first kappa shape index (κ1) is 18.1. The maximum Gasteiger partial charge on any atom is 0.263 e. The number of nitrogens with one attached hydrogen (secondary N) is 2. The molecule has 3 aromatic rings. The normalized spacial score (nSPS) is 11.5. The largest absolute Gasteiger partial charge is 0.350 e. The Hall–Kier alpha value is -2.71. The molecule has 0 radical (unpaired) electrons. The molecule has 0 saturated heterocycles. The van der Waals surface area contributed by atoms with Crippen molar-refractivity contribution >= 4 is 16.0 Å². The van der Waals surface area contributed by atoms with E-state index in [1.165, 1.54) is 0 Å². The zero-order valence-electron chi connectivity index (χ0n) is 14.6. The van der Waals surface area contributed by atoms with Crippen molar-refractivity contribution in [1.29, 1.82) is 0 Å². The average molecular weight is 372 g/mol. The van der Waals surface area contributed by atoms with Crippen molar-refractivity contribution in [3.8, 4) is 11.5 Å². The van der Waals surface area contributed by atoms with E-state index in [0.29, 0.717) is 28.8 Å². The predicted molar refractivity (Wildman–Crippen MR) is 99.3 cm³/mol. The fourth-order valence-electron chi connectivity index (χ4n) is 2.43. The molecule has 0 aliphatic carbocycles. The van der Waals surface area contributed by atoms with Gasteiger partial charge in [0.25, 0.3) is 11.8 Å². The Balaban J connectivity index is 1.56. The highest BCUT2D eigenvalue weighted by molar-refractivity contribution is 7.89. The van der Waals surface area contributed by atoms with E-state index in [-0.39, 0.29) is 6.54 Å². The van der Waals surface area contributed by atoms with E-state index >= 15 is 0 Å². The van der Waals surface area contributed by atoms with Crippen LogP contribution in [0.3, 0.4) is 0 Å². The third kappa shape index (κ3) is 4.27. The second-order valence-corrected chi connectivity index (χ2v) is 7.62. The van der Waals surface area contributed by atoms with E-state index in [4.69, 9.17) is 4.52 Å². The number of benzene rings is 2. The number of aryl methyl sites for hydroxylation is 2. The lowest BCUT2D eigenvalue weighted by molar-refractivity contribution is 0.432. The number of anilines is 1. The van der Waals surface area contributed by atoms with Gasteiger partial charge in [0.15, 0.2) is 0 Å². The molecule has 1 heterocycles. The van der Waals surface area contributed by atoms with Gasteiger partial charge in [0.1, 0.15) is 0 Å². The summed E-state index contributed by atoms with van der Waals surface area (Å²) in [5.74, 6) is 0.721. The van der Waals surface area contributed by atoms with Crippen LogP contribution in [0, 0.1) is 13.8 Å². The van der Waals surface area contributed by atoms with Gasteiger partial charge < -0.3 is 9.84 Å². The van der Waals surface area contributed by atoms with E-state index in [9.17, 15) is 8.42 Å². The van der Waals surface area contributed by atoms with Gasteiger partial charge in [0.2, 0.25) is 10.0 Å². The van der Waals surface area contributed by atoms with Gasteiger partial charge in [-0.05, 0) is 48.3 Å². The van der Waals surface area contributed by atoms with Gasteiger partial charge >= 0.3 is 0 Å². The standard InChI is InChI=1S/C18H20N4O3S/c1-13-8-9-14(2)16(12-13)26(23,24)20-11-10-19-18-21-17(25-22-18)15-6-4-3-5-7-15/h3-9,12,20H,10-11H2,1-2H3,(H,19,22). The fourth-order valence-corrected chi connectivity index (χ4v) is 3.79. The molecule has 0 spiro atoms. The average Bonchev–Trinajstić information content (AvgIpc) is 3.10. The number of hydrogen-bond donors (Lipinski definition) is 2. The highest BCUT2D eigenvalue weighted by atomic mass is 32.2. The summed E-state index contributed by atoms with van der Waals surface area (Å²) in [6.45, 7) is 4.17. The van der Waals surface area contributed by atoms with Crippen molar-refractivity contribution in [3.05, 3.63) is 59.7 Å². The number of aromatic nitrogens is 2. The third-order valence-electron chi connectivity index (χ3n) is 3.78. The molecule has 7 nitrogen and oxygen atoms in total. The molecule has 8 heteroatoms. The van der Waals surface area contributed by atoms with Gasteiger partial charge in [0.05, 0.1) is 4.90 Å². The van der Waals surface area contributed by atoms with Crippen molar-refractivity contribution in [2.75, 3.05) is 18.4 Å². The summed E-state index contributed by atoms with van der Waals surface area (Å²) in [4.78, 5) is 4.53. The van der Waals surface area contributed by atoms with Crippen molar-refractivity contribution < 1.29 is 12.9 Å². The Morgan fingerprint density at radius 2 is 1.81 bits per heavy atom. The van der Waals surface area contributed by atoms with Crippen LogP contribution in [0.5, 0.6) is 0 Å². The van der Waals surface area contributed by atoms with Gasteiger partial charge in [0, 0.05) is 18.7 Å². The summed E-state index contributed by atoms with van der Waals surface area (Å²) in [5, 5.41) is 6.78. The Morgan fingerprint density at radius 1 is 1.04 bits per heavy atom. The highest BCUT2D eigenvalue weighted by Gasteiger charge is 2.16. The van der Waals surface area contributed by atoms with Gasteiger partial charge in [-0.3, -0.25) is 0 Å². The zero-order chi connectivity index (χ0) is 18.6. The van der Waals surface area contributed by atoms with E-state index in [1.807, 2.05) is 43.3 Å². The molecule has 0 bridgehead atoms. The van der Waals surface area contributed by atoms with E-state index < -0.39 is 10.0 Å². The molecular weight excluding hydrogens is 352 g/mol. The summed E-state index contributed by atoms with van der Waals surface area (Å²) < 4.78 is 32.6. The molecule has 0 amide bonds. The maximum absolute atomic E-state index is 12.4. The Bertz CT molecular complexity index is 985. The topological polar surface area (TPSA) is 97.1 Å². The van der Waals surface area contributed by atoms with Gasteiger partial charge in [-0.15, -0.1) is 0 Å². The van der Waals surface area contributed by atoms with Crippen molar-refractivity contribution in [1.82, 2.24) is 14.9 Å². The molecule has 2 aromatic carbocycles. The van der Waals surface area contributed by atoms with Crippen LogP contribution < -0.4 is 10.0 Å². The van der Waals surface area contributed by atoms with Crippen LogP contribution in [0.2, 0.25) is 0 Å². The third-order valence-corrected chi connectivity index (χ3v) is 5.38. The summed E-state index contributed by atoms with van der Waals surface area (Å²) in [6.07, 6.45) is 0. The van der Waals surface area contributed by atoms with Crippen LogP contribution >= 0.6 is 0 Å². The van der Waals surface area contributed by atoms with Crippen LogP contribution in [0.4, 0.5) is 5.95 Å². The molecule has 0 saturated carbocycles. The Labute approximate surface area is 152 Å². The number of sulfonamides is 1. The minimum Gasteiger partial charge on any atom is -0.350 e. The zero-order valence-corrected chi connectivity index (χ0v) is 15.4. The molecule has 0 aliphatic heterocycles.